The number of hydrogen-bond donors (Lipinski definition) is 4. The van der Waals surface area contributed by atoms with Crippen molar-refractivity contribution in [1.82, 2.24) is 0 Å². The van der Waals surface area contributed by atoms with Gasteiger partial charge < -0.3 is 40.2 Å². The Hall–Kier alpha value is -5.07. The zero-order valence-electron chi connectivity index (χ0n) is 68.1. The third-order valence-electron chi connectivity index (χ3n) is 21.8. The average Bonchev–Trinajstić information content (AvgIpc) is 0.789. The number of carboxylic acid groups (broad SMARTS) is 2. The first kappa shape index (κ1) is 95.0. The molecule has 104 heavy (non-hydrogen) atoms. The van der Waals surface area contributed by atoms with Crippen LogP contribution < -0.4 is 10.2 Å². The van der Waals surface area contributed by atoms with Crippen LogP contribution in [0.2, 0.25) is 0 Å². The molecule has 0 saturated heterocycles. The van der Waals surface area contributed by atoms with Crippen LogP contribution in [0, 0.1) is 22.8 Å². The standard InChI is InChI=1S/C69H118N2.2C12H18O4.Ni/c1-7-13-19-20-21-22-23-24-25-26-27-28-29-30-31-32-33-34-35-36-37-38-39-40-41-42-43-49-59-71(70-68-58-57-65(51-45-15-9-3)67(62-68)53-47-17-11-5)69(54-48-18-12-6)61-63-55-56-64(50-44-14-8-2)66(60-63)52-46-16-10-4;2*1-3-5-8-6-7-12(4-2,11(15)16)10(14)9(8)13;/h55-58,60,62H,7-48,50-54H2,1-6H3;2*6,13-14H,3-5,7H2,1-2H3,(H,15,16);/q+1;;;+2/p-2. The van der Waals surface area contributed by atoms with Gasteiger partial charge in [0, 0.05) is 0 Å². The van der Waals surface area contributed by atoms with Gasteiger partial charge in [-0.1, -0.05) is 195 Å². The quantitative estimate of drug-likeness (QED) is 0.0126. The molecule has 0 heterocycles. The fraction of sp³-hybridized carbons (Fsp3) is 0.720. The normalized spacial score (nSPS) is 16.2. The minimum absolute atomic E-state index is 0.178. The Balaban J connectivity index is 0.000000926. The first-order valence-electron chi connectivity index (χ1n) is 43.2. The summed E-state index contributed by atoms with van der Waals surface area (Å²) in [6, 6.07) is 17.9. The Bertz CT molecular complexity index is 2850. The monoisotopic (exact) mass is 1480 g/mol. The van der Waals surface area contributed by atoms with Gasteiger partial charge in [-0.2, -0.15) is 0 Å². The number of aliphatic carboxylic acids is 2. The summed E-state index contributed by atoms with van der Waals surface area (Å²) in [4.78, 5) is 22.2. The van der Waals surface area contributed by atoms with Gasteiger partial charge in [0.05, 0.1) is 22.8 Å². The van der Waals surface area contributed by atoms with Gasteiger partial charge in [-0.05, 0) is 49.7 Å². The molecule has 0 saturated carbocycles. The molecular formula is C93H152N2NiO8+. The van der Waals surface area contributed by atoms with E-state index in [2.05, 4.69) is 94.6 Å². The van der Waals surface area contributed by atoms with E-state index in [4.69, 9.17) is 20.6 Å². The van der Waals surface area contributed by atoms with E-state index >= 15 is 0 Å². The minimum atomic E-state index is -1.46. The molecule has 591 valence electrons. The van der Waals surface area contributed by atoms with Crippen molar-refractivity contribution in [2.45, 2.75) is 422 Å². The summed E-state index contributed by atoms with van der Waals surface area (Å²) in [5.74, 6) is -0.541. The van der Waals surface area contributed by atoms with Crippen LogP contribution >= 0.6 is 0 Å². The van der Waals surface area contributed by atoms with Gasteiger partial charge in [0.25, 0.3) is 0 Å². The number of rotatable bonds is 57. The third kappa shape index (κ3) is 36.7. The number of azo groups is 2. The van der Waals surface area contributed by atoms with Gasteiger partial charge in [0.15, 0.2) is 11.5 Å². The van der Waals surface area contributed by atoms with Gasteiger partial charge in [-0.15, -0.1) is 0 Å². The number of benzene rings is 2. The van der Waals surface area contributed by atoms with Crippen molar-refractivity contribution in [3.63, 3.8) is 0 Å². The predicted octanol–water partition coefficient (Wildman–Crippen LogP) is 26.9. The van der Waals surface area contributed by atoms with Crippen LogP contribution in [0.25, 0.3) is 4.54 Å². The van der Waals surface area contributed by atoms with Crippen molar-refractivity contribution >= 4 is 22.2 Å². The zero-order valence-corrected chi connectivity index (χ0v) is 69.1. The summed E-state index contributed by atoms with van der Waals surface area (Å²) in [5, 5.41) is 66.8. The number of allylic oxidation sites excluding steroid dienone is 5. The molecule has 0 aromatic heterocycles. The van der Waals surface area contributed by atoms with Gasteiger partial charge in [-0.25, -0.2) is 0 Å². The molecule has 0 bridgehead atoms. The van der Waals surface area contributed by atoms with Crippen LogP contribution in [0.15, 0.2) is 93.5 Å². The molecule has 11 heteroatoms. The second-order valence-corrected chi connectivity index (χ2v) is 30.9. The molecule has 2 aliphatic rings. The Labute approximate surface area is 645 Å². The average molecular weight is 1480 g/mol. The molecule has 0 aliphatic heterocycles. The second kappa shape index (κ2) is 59.9. The van der Waals surface area contributed by atoms with Crippen molar-refractivity contribution in [3.8, 4) is 12.0 Å². The van der Waals surface area contributed by atoms with E-state index in [0.717, 1.165) is 73.7 Å². The molecule has 2 atom stereocenters. The van der Waals surface area contributed by atoms with Crippen molar-refractivity contribution in [1.29, 1.82) is 0 Å². The number of carboxylic acids is 2. The fourth-order valence-corrected chi connectivity index (χ4v) is 14.9. The van der Waals surface area contributed by atoms with Gasteiger partial charge in [0.2, 0.25) is 0 Å². The maximum atomic E-state index is 11.1. The van der Waals surface area contributed by atoms with E-state index in [-0.39, 0.29) is 37.2 Å². The van der Waals surface area contributed by atoms with Gasteiger partial charge >= 0.3 is 318 Å². The van der Waals surface area contributed by atoms with E-state index in [1.54, 1.807) is 26.0 Å². The molecule has 0 radical (unpaired) electrons. The first-order valence-corrected chi connectivity index (χ1v) is 43.7. The van der Waals surface area contributed by atoms with Crippen LogP contribution in [0.5, 0.6) is 0 Å². The number of nitrogens with zero attached hydrogens (tertiary/aromatic N) is 2. The Morgan fingerprint density at radius 1 is 0.413 bits per heavy atom. The molecule has 4 N–H and O–H groups in total. The number of unbranched alkanes of at least 4 members (excludes halogenated alkanes) is 36. The van der Waals surface area contributed by atoms with E-state index in [1.807, 2.05) is 13.8 Å². The molecule has 4 rings (SSSR count). The molecule has 2 aromatic rings. The number of carbonyl (C=O) groups is 2. The zero-order chi connectivity index (χ0) is 76.5. The van der Waals surface area contributed by atoms with E-state index in [1.165, 1.54) is 285 Å². The number of carbonyl (C=O) groups excluding carboxylic acids is 2. The molecule has 10 nitrogen and oxygen atoms in total. The fourth-order valence-electron chi connectivity index (χ4n) is 14.6. The van der Waals surface area contributed by atoms with Crippen LogP contribution in [0.3, 0.4) is 0 Å². The van der Waals surface area contributed by atoms with E-state index in [0.29, 0.717) is 24.0 Å². The van der Waals surface area contributed by atoms with Crippen molar-refractivity contribution in [3.05, 3.63) is 116 Å². The number of hydrogen-bond acceptors (Lipinski definition) is 9. The van der Waals surface area contributed by atoms with Crippen LogP contribution in [0.1, 0.15) is 425 Å². The summed E-state index contributed by atoms with van der Waals surface area (Å²) in [6.07, 6.45) is 69.1. The molecule has 0 fully saturated rings. The summed E-state index contributed by atoms with van der Waals surface area (Å²) in [5.41, 5.74) is 7.67. The number of aliphatic hydroxyl groups excluding tert-OH is 4. The Morgan fingerprint density at radius 3 is 1.10 bits per heavy atom. The van der Waals surface area contributed by atoms with Crippen LogP contribution in [0.4, 0.5) is 5.69 Å². The van der Waals surface area contributed by atoms with Gasteiger partial charge in [-0.3, -0.25) is 0 Å². The summed E-state index contributed by atoms with van der Waals surface area (Å²) < 4.78 is 3.03. The number of aryl methyl sites for hydroxylation is 4. The third-order valence-corrected chi connectivity index (χ3v) is 22.3. The molecule has 0 amide bonds. The van der Waals surface area contributed by atoms with Crippen LogP contribution in [-0.2, 0) is 50.7 Å². The SMILES string of the molecule is CCCC1=CCC(CC)(C(=O)[O-])C(O)=C1O.CCCC1=CCC(CC)(C(=O)[O-])C(O)=C1O.CCCCCCCCCCCCCCCCCCCCCCCCCCCCC#C[N+](=Nc1ccc(CCCCC)c(CCCCC)c1)C(CCCCC)=[C]([Ni+2])c1ccc(CCCCC)c(CCCCC)c1. The summed E-state index contributed by atoms with van der Waals surface area (Å²) >= 11 is 6.13. The molecule has 2 aromatic carbocycles. The topological polar surface area (TPSA) is 177 Å². The van der Waals surface area contributed by atoms with Crippen molar-refractivity contribution < 1.29 is 60.4 Å². The van der Waals surface area contributed by atoms with E-state index in [9.17, 15) is 40.2 Å². The Morgan fingerprint density at radius 2 is 0.740 bits per heavy atom. The molecular weight excluding hydrogens is 1330 g/mol. The van der Waals surface area contributed by atoms with Crippen molar-refractivity contribution in [2.24, 2.45) is 15.9 Å². The first-order chi connectivity index (χ1) is 50.5. The Kier molecular flexibility index (Phi) is 54.7. The molecule has 2 aliphatic carbocycles. The van der Waals surface area contributed by atoms with E-state index < -0.39 is 34.3 Å². The number of aliphatic hydroxyl groups is 4. The van der Waals surface area contributed by atoms with Gasteiger partial charge in [0.1, 0.15) is 11.5 Å². The predicted molar refractivity (Wildman–Crippen MR) is 433 cm³/mol. The maximum absolute atomic E-state index is 11.1. The second-order valence-electron chi connectivity index (χ2n) is 30.4. The molecule has 2 unspecified atom stereocenters. The molecule has 0 spiro atoms. The summed E-state index contributed by atoms with van der Waals surface area (Å²) in [7, 11) is 0. The summed E-state index contributed by atoms with van der Waals surface area (Å²) in [6.45, 7) is 21.0. The van der Waals surface area contributed by atoms with Crippen LogP contribution in [-0.4, -0.2) is 37.1 Å². The van der Waals surface area contributed by atoms with Crippen molar-refractivity contribution in [2.75, 3.05) is 0 Å².